The summed E-state index contributed by atoms with van der Waals surface area (Å²) in [7, 11) is 0. The average Bonchev–Trinajstić information content (AvgIpc) is 2.39. The van der Waals surface area contributed by atoms with Crippen LogP contribution in [0.25, 0.3) is 0 Å². The van der Waals surface area contributed by atoms with E-state index in [4.69, 9.17) is 0 Å². The molecule has 1 N–H and O–H groups in total. The maximum absolute atomic E-state index is 13.4. The monoisotopic (exact) mass is 262 g/mol. The van der Waals surface area contributed by atoms with Crippen LogP contribution in [-0.2, 0) is 0 Å². The number of aryl methyl sites for hydroxylation is 1. The number of hydrogen-bond donors (Lipinski definition) is 1. The fourth-order valence-corrected chi connectivity index (χ4v) is 2.06. The second-order valence-corrected chi connectivity index (χ2v) is 4.46. The van der Waals surface area contributed by atoms with Gasteiger partial charge in [0.2, 0.25) is 0 Å². The van der Waals surface area contributed by atoms with Gasteiger partial charge in [-0.15, -0.1) is 0 Å². The summed E-state index contributed by atoms with van der Waals surface area (Å²) in [5.74, 6) is -1.66. The molecule has 100 valence electrons. The van der Waals surface area contributed by atoms with Gasteiger partial charge in [0.05, 0.1) is 6.04 Å². The van der Waals surface area contributed by atoms with Crippen LogP contribution in [0.4, 0.5) is 8.78 Å². The SMILES string of the molecule is CCNC(c1cncc(C)c1)c1ccc(F)c(F)c1. The lowest BCUT2D eigenvalue weighted by molar-refractivity contribution is 0.504. The summed E-state index contributed by atoms with van der Waals surface area (Å²) in [6.07, 6.45) is 3.50. The zero-order chi connectivity index (χ0) is 13.8. The van der Waals surface area contributed by atoms with E-state index in [1.165, 1.54) is 6.07 Å². The van der Waals surface area contributed by atoms with Crippen LogP contribution in [0.15, 0.2) is 36.7 Å². The first-order valence-corrected chi connectivity index (χ1v) is 6.21. The van der Waals surface area contributed by atoms with Gasteiger partial charge in [0.15, 0.2) is 11.6 Å². The molecule has 1 aromatic carbocycles. The van der Waals surface area contributed by atoms with Gasteiger partial charge in [0.1, 0.15) is 0 Å². The van der Waals surface area contributed by atoms with E-state index in [9.17, 15) is 8.78 Å². The Kier molecular flexibility index (Phi) is 4.22. The molecule has 2 nitrogen and oxygen atoms in total. The highest BCUT2D eigenvalue weighted by atomic mass is 19.2. The summed E-state index contributed by atoms with van der Waals surface area (Å²) in [6.45, 7) is 4.64. The number of nitrogens with one attached hydrogen (secondary N) is 1. The van der Waals surface area contributed by atoms with E-state index in [0.29, 0.717) is 5.56 Å². The molecule has 0 saturated carbocycles. The maximum Gasteiger partial charge on any atom is 0.159 e. The van der Waals surface area contributed by atoms with Gasteiger partial charge >= 0.3 is 0 Å². The number of hydrogen-bond acceptors (Lipinski definition) is 2. The van der Waals surface area contributed by atoms with Crippen LogP contribution in [0, 0.1) is 18.6 Å². The maximum atomic E-state index is 13.4. The van der Waals surface area contributed by atoms with Gasteiger partial charge in [-0.1, -0.05) is 19.1 Å². The molecule has 2 rings (SSSR count). The minimum absolute atomic E-state index is 0.188. The molecule has 19 heavy (non-hydrogen) atoms. The highest BCUT2D eigenvalue weighted by molar-refractivity contribution is 5.32. The second-order valence-electron chi connectivity index (χ2n) is 4.46. The molecule has 1 heterocycles. The zero-order valence-corrected chi connectivity index (χ0v) is 11.0. The zero-order valence-electron chi connectivity index (χ0n) is 11.0. The minimum Gasteiger partial charge on any atom is -0.306 e. The number of pyridine rings is 1. The molecule has 0 amide bonds. The van der Waals surface area contributed by atoms with Gasteiger partial charge in [-0.05, 0) is 42.3 Å². The predicted octanol–water partition coefficient (Wildman–Crippen LogP) is 3.37. The number of nitrogens with zero attached hydrogens (tertiary/aromatic N) is 1. The van der Waals surface area contributed by atoms with E-state index in [0.717, 1.165) is 23.7 Å². The summed E-state index contributed by atoms with van der Waals surface area (Å²) < 4.78 is 26.4. The van der Waals surface area contributed by atoms with Crippen molar-refractivity contribution in [3.05, 3.63) is 65.0 Å². The van der Waals surface area contributed by atoms with Crippen LogP contribution < -0.4 is 5.32 Å². The average molecular weight is 262 g/mol. The Balaban J connectivity index is 2.42. The lowest BCUT2D eigenvalue weighted by Crippen LogP contribution is -2.22. The van der Waals surface area contributed by atoms with Crippen molar-refractivity contribution in [1.82, 2.24) is 10.3 Å². The van der Waals surface area contributed by atoms with Gasteiger partial charge in [0.25, 0.3) is 0 Å². The molecule has 0 bridgehead atoms. The molecule has 1 unspecified atom stereocenters. The Labute approximate surface area is 111 Å². The molecule has 0 fully saturated rings. The highest BCUT2D eigenvalue weighted by Crippen LogP contribution is 2.23. The van der Waals surface area contributed by atoms with Crippen molar-refractivity contribution in [1.29, 1.82) is 0 Å². The molecule has 1 atom stereocenters. The molecule has 1 aromatic heterocycles. The Morgan fingerprint density at radius 2 is 1.89 bits per heavy atom. The molecule has 0 saturated heterocycles. The van der Waals surface area contributed by atoms with Crippen LogP contribution in [-0.4, -0.2) is 11.5 Å². The fraction of sp³-hybridized carbons (Fsp3) is 0.267. The first kappa shape index (κ1) is 13.6. The third-order valence-corrected chi connectivity index (χ3v) is 2.91. The number of aromatic nitrogens is 1. The fourth-order valence-electron chi connectivity index (χ4n) is 2.06. The van der Waals surface area contributed by atoms with E-state index in [2.05, 4.69) is 10.3 Å². The molecule has 0 aliphatic heterocycles. The van der Waals surface area contributed by atoms with Crippen molar-refractivity contribution >= 4 is 0 Å². The van der Waals surface area contributed by atoms with E-state index >= 15 is 0 Å². The third-order valence-electron chi connectivity index (χ3n) is 2.91. The standard InChI is InChI=1S/C15H16F2N2/c1-3-19-15(12-6-10(2)8-18-9-12)11-4-5-13(16)14(17)7-11/h4-9,15,19H,3H2,1-2H3. The van der Waals surface area contributed by atoms with E-state index in [1.54, 1.807) is 18.5 Å². The summed E-state index contributed by atoms with van der Waals surface area (Å²) >= 11 is 0. The van der Waals surface area contributed by atoms with Crippen molar-refractivity contribution in [3.8, 4) is 0 Å². The van der Waals surface area contributed by atoms with E-state index in [-0.39, 0.29) is 6.04 Å². The van der Waals surface area contributed by atoms with Crippen molar-refractivity contribution in [2.45, 2.75) is 19.9 Å². The first-order valence-electron chi connectivity index (χ1n) is 6.21. The largest absolute Gasteiger partial charge is 0.306 e. The summed E-state index contributed by atoms with van der Waals surface area (Å²) in [5.41, 5.74) is 2.66. The molecular formula is C15H16F2N2. The van der Waals surface area contributed by atoms with Gasteiger partial charge < -0.3 is 5.32 Å². The minimum atomic E-state index is -0.832. The predicted molar refractivity (Wildman–Crippen MR) is 70.9 cm³/mol. The Hall–Kier alpha value is -1.81. The number of halogens is 2. The number of rotatable bonds is 4. The topological polar surface area (TPSA) is 24.9 Å². The Bertz CT molecular complexity index is 570. The van der Waals surface area contributed by atoms with Crippen molar-refractivity contribution in [2.75, 3.05) is 6.54 Å². The van der Waals surface area contributed by atoms with Crippen LogP contribution in [0.3, 0.4) is 0 Å². The molecule has 4 heteroatoms. The van der Waals surface area contributed by atoms with Gasteiger partial charge in [0, 0.05) is 12.4 Å². The quantitative estimate of drug-likeness (QED) is 0.913. The first-order chi connectivity index (χ1) is 9.11. The lowest BCUT2D eigenvalue weighted by atomic mass is 9.99. The van der Waals surface area contributed by atoms with Crippen molar-refractivity contribution in [2.24, 2.45) is 0 Å². The lowest BCUT2D eigenvalue weighted by Gasteiger charge is -2.19. The van der Waals surface area contributed by atoms with Crippen LogP contribution >= 0.6 is 0 Å². The van der Waals surface area contributed by atoms with Crippen molar-refractivity contribution in [3.63, 3.8) is 0 Å². The number of benzene rings is 1. The molecule has 0 radical (unpaired) electrons. The molecular weight excluding hydrogens is 246 g/mol. The molecule has 0 aliphatic rings. The summed E-state index contributed by atoms with van der Waals surface area (Å²) in [5, 5.41) is 3.26. The van der Waals surface area contributed by atoms with Gasteiger partial charge in [-0.25, -0.2) is 8.78 Å². The smallest absolute Gasteiger partial charge is 0.159 e. The van der Waals surface area contributed by atoms with Gasteiger partial charge in [-0.2, -0.15) is 0 Å². The van der Waals surface area contributed by atoms with Crippen LogP contribution in [0.1, 0.15) is 29.7 Å². The van der Waals surface area contributed by atoms with Gasteiger partial charge in [-0.3, -0.25) is 4.98 Å². The van der Waals surface area contributed by atoms with Crippen molar-refractivity contribution < 1.29 is 8.78 Å². The van der Waals surface area contributed by atoms with Crippen LogP contribution in [0.5, 0.6) is 0 Å². The Morgan fingerprint density at radius 3 is 2.53 bits per heavy atom. The van der Waals surface area contributed by atoms with Crippen LogP contribution in [0.2, 0.25) is 0 Å². The molecule has 0 spiro atoms. The van der Waals surface area contributed by atoms with E-state index < -0.39 is 11.6 Å². The normalized spacial score (nSPS) is 12.4. The van der Waals surface area contributed by atoms with E-state index in [1.807, 2.05) is 19.9 Å². The Morgan fingerprint density at radius 1 is 1.11 bits per heavy atom. The second kappa shape index (κ2) is 5.89. The summed E-state index contributed by atoms with van der Waals surface area (Å²) in [6, 6.07) is 5.77. The third kappa shape index (κ3) is 3.15. The highest BCUT2D eigenvalue weighted by Gasteiger charge is 2.15. The molecule has 2 aromatic rings. The summed E-state index contributed by atoms with van der Waals surface area (Å²) in [4.78, 5) is 4.15. The molecule has 0 aliphatic carbocycles.